The lowest BCUT2D eigenvalue weighted by Crippen LogP contribution is -2.18. The number of carbonyl (C=O) groups excluding carboxylic acids is 1. The van der Waals surface area contributed by atoms with Crippen molar-refractivity contribution in [3.8, 4) is 0 Å². The molecule has 1 heterocycles. The van der Waals surface area contributed by atoms with E-state index in [1.165, 1.54) is 18.2 Å². The van der Waals surface area contributed by atoms with Crippen molar-refractivity contribution in [2.45, 2.75) is 0 Å². The fraction of sp³-hybridized carbons (Fsp3) is 0. The maximum Gasteiger partial charge on any atom is 0.256 e. The van der Waals surface area contributed by atoms with E-state index in [2.05, 4.69) is 41.5 Å². The zero-order valence-corrected chi connectivity index (χ0v) is 16.3. The highest BCUT2D eigenvalue weighted by molar-refractivity contribution is 9.10. The highest BCUT2D eigenvalue weighted by Crippen LogP contribution is 2.22. The first kappa shape index (κ1) is 18.8. The Balaban J connectivity index is 1.52. The highest BCUT2D eigenvalue weighted by atomic mass is 79.9. The number of nitrogens with zero attached hydrogens (tertiary/aromatic N) is 2. The van der Waals surface area contributed by atoms with Gasteiger partial charge in [-0.05, 0) is 67.3 Å². The Morgan fingerprint density at radius 1 is 1.00 bits per heavy atom. The number of aromatic nitrogens is 2. The average Bonchev–Trinajstić information content (AvgIpc) is 3.18. The van der Waals surface area contributed by atoms with E-state index in [1.54, 1.807) is 12.1 Å². The van der Waals surface area contributed by atoms with Gasteiger partial charge >= 0.3 is 0 Å². The minimum atomic E-state index is -0.423. The molecule has 0 spiro atoms. The van der Waals surface area contributed by atoms with Gasteiger partial charge in [0.25, 0.3) is 5.91 Å². The number of halogens is 2. The molecule has 3 aromatic carbocycles. The quantitative estimate of drug-likeness (QED) is 0.303. The molecule has 0 atom stereocenters. The molecule has 0 unspecified atom stereocenters. The Hall–Kier alpha value is -3.59. The van der Waals surface area contributed by atoms with Crippen LogP contribution in [0.4, 0.5) is 15.9 Å². The molecule has 0 radical (unpaired) electrons. The summed E-state index contributed by atoms with van der Waals surface area (Å²) in [5.74, 6) is -1.00. The van der Waals surface area contributed by atoms with Gasteiger partial charge in [-0.2, -0.15) is 0 Å². The summed E-state index contributed by atoms with van der Waals surface area (Å²) in [6, 6.07) is 17.2. The van der Waals surface area contributed by atoms with Crippen LogP contribution in [0.3, 0.4) is 0 Å². The number of carbonyl (C=O) groups is 1. The molecule has 0 aliphatic rings. The monoisotopic (exact) mass is 453 g/mol. The van der Waals surface area contributed by atoms with Crippen molar-refractivity contribution >= 4 is 50.0 Å². The molecule has 0 aliphatic heterocycles. The van der Waals surface area contributed by atoms with Crippen LogP contribution in [0.5, 0.6) is 0 Å². The lowest BCUT2D eigenvalue weighted by atomic mass is 10.1. The smallest absolute Gasteiger partial charge is 0.256 e. The summed E-state index contributed by atoms with van der Waals surface area (Å²) in [7, 11) is 0. The third-order valence-electron chi connectivity index (χ3n) is 4.16. The standard InChI is InChI=1S/C20H13BrFN5O2/c21-15-10-14(7-8-16(15)22)24-18(23)17-19(27-29-26-17)25-20(28)13-6-5-11-3-1-2-4-12(11)9-13/h1-10H,(H2,23,24)(H,25,27,28). The number of fused-ring (bicyclic) bond motifs is 1. The summed E-state index contributed by atoms with van der Waals surface area (Å²) in [4.78, 5) is 12.6. The van der Waals surface area contributed by atoms with E-state index in [1.807, 2.05) is 30.3 Å². The number of rotatable bonds is 4. The van der Waals surface area contributed by atoms with Crippen molar-refractivity contribution in [3.05, 3.63) is 82.2 Å². The Morgan fingerprint density at radius 3 is 2.59 bits per heavy atom. The fourth-order valence-electron chi connectivity index (χ4n) is 2.72. The summed E-state index contributed by atoms with van der Waals surface area (Å²) < 4.78 is 18.3. The summed E-state index contributed by atoms with van der Waals surface area (Å²) in [5.41, 5.74) is 0.900. The SMILES string of the molecule is N=C(Nc1ccc(F)c(Br)c1)c1nonc1NC(=O)c1ccc2ccccc2c1. The van der Waals surface area contributed by atoms with Crippen LogP contribution in [0.25, 0.3) is 10.8 Å². The summed E-state index contributed by atoms with van der Waals surface area (Å²) in [5, 5.41) is 22.8. The van der Waals surface area contributed by atoms with Gasteiger partial charge in [0.15, 0.2) is 11.5 Å². The molecule has 29 heavy (non-hydrogen) atoms. The molecular formula is C20H13BrFN5O2. The Morgan fingerprint density at radius 2 is 1.79 bits per heavy atom. The number of anilines is 2. The molecule has 0 saturated heterocycles. The Labute approximate surface area is 172 Å². The van der Waals surface area contributed by atoms with E-state index >= 15 is 0 Å². The molecule has 3 N–H and O–H groups in total. The molecule has 9 heteroatoms. The number of hydrogen-bond donors (Lipinski definition) is 3. The Kier molecular flexibility index (Phi) is 5.05. The van der Waals surface area contributed by atoms with Gasteiger partial charge in [0.05, 0.1) is 4.47 Å². The predicted molar refractivity (Wildman–Crippen MR) is 111 cm³/mol. The molecule has 4 rings (SSSR count). The highest BCUT2D eigenvalue weighted by Gasteiger charge is 2.19. The van der Waals surface area contributed by atoms with Gasteiger partial charge in [0, 0.05) is 11.3 Å². The van der Waals surface area contributed by atoms with Crippen molar-refractivity contribution in [2.24, 2.45) is 0 Å². The third-order valence-corrected chi connectivity index (χ3v) is 4.77. The van der Waals surface area contributed by atoms with Crippen LogP contribution in [0.2, 0.25) is 0 Å². The molecule has 4 aromatic rings. The topological polar surface area (TPSA) is 104 Å². The van der Waals surface area contributed by atoms with Crippen LogP contribution in [0.1, 0.15) is 16.1 Å². The molecule has 1 aromatic heterocycles. The molecular weight excluding hydrogens is 441 g/mol. The van der Waals surface area contributed by atoms with E-state index in [4.69, 9.17) is 5.41 Å². The Bertz CT molecular complexity index is 1240. The summed E-state index contributed by atoms with van der Waals surface area (Å²) in [6.45, 7) is 0. The van der Waals surface area contributed by atoms with E-state index < -0.39 is 11.7 Å². The maximum atomic E-state index is 13.4. The normalized spacial score (nSPS) is 10.7. The van der Waals surface area contributed by atoms with Gasteiger partial charge in [-0.25, -0.2) is 9.02 Å². The predicted octanol–water partition coefficient (Wildman–Crippen LogP) is 4.81. The molecule has 0 saturated carbocycles. The number of amidine groups is 1. The molecule has 0 aliphatic carbocycles. The van der Waals surface area contributed by atoms with E-state index in [-0.39, 0.29) is 21.8 Å². The van der Waals surface area contributed by atoms with Crippen LogP contribution in [-0.2, 0) is 0 Å². The largest absolute Gasteiger partial charge is 0.339 e. The van der Waals surface area contributed by atoms with Crippen LogP contribution in [0.15, 0.2) is 69.8 Å². The molecule has 144 valence electrons. The van der Waals surface area contributed by atoms with Gasteiger partial charge < -0.3 is 10.6 Å². The maximum absolute atomic E-state index is 13.4. The second-order valence-corrected chi connectivity index (χ2v) is 6.96. The number of hydrogen-bond acceptors (Lipinski definition) is 5. The van der Waals surface area contributed by atoms with Crippen LogP contribution >= 0.6 is 15.9 Å². The number of benzene rings is 3. The third kappa shape index (κ3) is 3.99. The van der Waals surface area contributed by atoms with Gasteiger partial charge in [-0.1, -0.05) is 30.3 Å². The van der Waals surface area contributed by atoms with Gasteiger partial charge in [0.2, 0.25) is 5.82 Å². The van der Waals surface area contributed by atoms with E-state index in [9.17, 15) is 9.18 Å². The van der Waals surface area contributed by atoms with Crippen molar-refractivity contribution in [3.63, 3.8) is 0 Å². The lowest BCUT2D eigenvalue weighted by Gasteiger charge is -2.08. The van der Waals surface area contributed by atoms with Crippen molar-refractivity contribution < 1.29 is 13.8 Å². The lowest BCUT2D eigenvalue weighted by molar-refractivity contribution is 0.102. The van der Waals surface area contributed by atoms with Crippen LogP contribution < -0.4 is 10.6 Å². The van der Waals surface area contributed by atoms with Crippen molar-refractivity contribution in [1.29, 1.82) is 5.41 Å². The van der Waals surface area contributed by atoms with Crippen LogP contribution in [0, 0.1) is 11.2 Å². The van der Waals surface area contributed by atoms with Crippen molar-refractivity contribution in [1.82, 2.24) is 10.3 Å². The van der Waals surface area contributed by atoms with Gasteiger partial charge in [-0.3, -0.25) is 10.2 Å². The average molecular weight is 454 g/mol. The van der Waals surface area contributed by atoms with E-state index in [0.29, 0.717) is 11.3 Å². The summed E-state index contributed by atoms with van der Waals surface area (Å²) >= 11 is 3.09. The molecule has 7 nitrogen and oxygen atoms in total. The summed E-state index contributed by atoms with van der Waals surface area (Å²) in [6.07, 6.45) is 0. The molecule has 0 fully saturated rings. The molecule has 0 bridgehead atoms. The van der Waals surface area contributed by atoms with Gasteiger partial charge in [0.1, 0.15) is 5.82 Å². The number of nitrogens with one attached hydrogen (secondary N) is 3. The van der Waals surface area contributed by atoms with Crippen molar-refractivity contribution in [2.75, 3.05) is 10.6 Å². The second kappa shape index (κ2) is 7.80. The minimum Gasteiger partial charge on any atom is -0.339 e. The zero-order valence-electron chi connectivity index (χ0n) is 14.7. The first-order valence-electron chi connectivity index (χ1n) is 8.45. The van der Waals surface area contributed by atoms with Crippen LogP contribution in [-0.4, -0.2) is 22.1 Å². The second-order valence-electron chi connectivity index (χ2n) is 6.11. The first-order chi connectivity index (χ1) is 14.0. The van der Waals surface area contributed by atoms with Gasteiger partial charge in [-0.15, -0.1) is 0 Å². The minimum absolute atomic E-state index is 0.00170. The first-order valence-corrected chi connectivity index (χ1v) is 9.24. The fourth-order valence-corrected chi connectivity index (χ4v) is 3.10. The number of amides is 1. The zero-order chi connectivity index (χ0) is 20.4. The van der Waals surface area contributed by atoms with E-state index in [0.717, 1.165) is 10.8 Å². The molecule has 1 amide bonds.